The van der Waals surface area contributed by atoms with E-state index >= 15 is 0 Å². The van der Waals surface area contributed by atoms with Gasteiger partial charge in [-0.05, 0) is 78.2 Å². The van der Waals surface area contributed by atoms with Crippen LogP contribution in [0, 0.1) is 0 Å². The molecule has 0 saturated heterocycles. The number of hydrogen-bond acceptors (Lipinski definition) is 8. The molecule has 3 aromatic carbocycles. The summed E-state index contributed by atoms with van der Waals surface area (Å²) in [7, 11) is 0. The molecule has 1 amide bonds. The highest BCUT2D eigenvalue weighted by Gasteiger charge is 2.11. The molecule has 4 rings (SSSR count). The molecular weight excluding hydrogens is 512 g/mol. The molecule has 5 N–H and O–H groups in total. The molecule has 210 valence electrons. The second-order valence-electron chi connectivity index (χ2n) is 9.19. The molecule has 9 nitrogen and oxygen atoms in total. The number of ether oxygens (including phenoxy) is 2. The van der Waals surface area contributed by atoms with E-state index in [1.54, 1.807) is 24.3 Å². The fourth-order valence-electron chi connectivity index (χ4n) is 4.03. The molecule has 4 aromatic rings. The molecule has 0 bridgehead atoms. The Morgan fingerprint density at radius 1 is 0.950 bits per heavy atom. The van der Waals surface area contributed by atoms with Crippen LogP contribution in [0.25, 0.3) is 0 Å². The van der Waals surface area contributed by atoms with Gasteiger partial charge >= 0.3 is 0 Å². The minimum absolute atomic E-state index is 0.0164. The summed E-state index contributed by atoms with van der Waals surface area (Å²) >= 11 is 0. The summed E-state index contributed by atoms with van der Waals surface area (Å²) in [4.78, 5) is 12.1. The van der Waals surface area contributed by atoms with Gasteiger partial charge in [0.2, 0.25) is 0 Å². The van der Waals surface area contributed by atoms with Crippen molar-refractivity contribution in [2.45, 2.75) is 25.7 Å². The average molecular weight is 547 g/mol. The average Bonchev–Trinajstić information content (AvgIpc) is 3.52. The Balaban J connectivity index is 1.10. The molecule has 0 fully saturated rings. The number of aliphatic hydroxyl groups is 2. The first-order valence-corrected chi connectivity index (χ1v) is 13.1. The van der Waals surface area contributed by atoms with Gasteiger partial charge in [0.05, 0.1) is 32.2 Å². The number of anilines is 1. The Labute approximate surface area is 233 Å². The van der Waals surface area contributed by atoms with Gasteiger partial charge in [0.25, 0.3) is 5.91 Å². The molecule has 9 heteroatoms. The van der Waals surface area contributed by atoms with Crippen LogP contribution < -0.4 is 15.4 Å². The molecule has 0 aliphatic heterocycles. The van der Waals surface area contributed by atoms with E-state index in [2.05, 4.69) is 10.6 Å². The third-order valence-corrected chi connectivity index (χ3v) is 6.21. The van der Waals surface area contributed by atoms with Crippen LogP contribution in [0.1, 0.15) is 38.9 Å². The van der Waals surface area contributed by atoms with Crippen molar-refractivity contribution in [1.82, 2.24) is 5.32 Å². The molecule has 40 heavy (non-hydrogen) atoms. The number of benzene rings is 3. The number of carbonyl (C=O) groups is 1. The maximum absolute atomic E-state index is 12.1. The first-order chi connectivity index (χ1) is 19.5. The number of aliphatic hydroxyl groups excluding tert-OH is 2. The lowest BCUT2D eigenvalue weighted by Gasteiger charge is -2.14. The summed E-state index contributed by atoms with van der Waals surface area (Å²) in [6.07, 6.45) is 1.51. The number of hydrogen-bond donors (Lipinski definition) is 5. The SMILES string of the molecule is O=C(Nc1cccc(COCCOc2ccc(CCNC[C@@H](O)c3ccc(O)c(CO)c3)cc2)c1)c1ccco1. The van der Waals surface area contributed by atoms with Crippen molar-refractivity contribution in [2.75, 3.05) is 31.6 Å². The van der Waals surface area contributed by atoms with E-state index in [-0.39, 0.29) is 24.0 Å². The van der Waals surface area contributed by atoms with E-state index in [0.717, 1.165) is 23.3 Å². The van der Waals surface area contributed by atoms with Crippen molar-refractivity contribution >= 4 is 11.6 Å². The van der Waals surface area contributed by atoms with Crippen molar-refractivity contribution in [3.05, 3.63) is 113 Å². The topological polar surface area (TPSA) is 133 Å². The van der Waals surface area contributed by atoms with Crippen LogP contribution in [0.15, 0.2) is 89.5 Å². The number of amides is 1. The number of furan rings is 1. The van der Waals surface area contributed by atoms with Crippen molar-refractivity contribution in [2.24, 2.45) is 0 Å². The highest BCUT2D eigenvalue weighted by molar-refractivity contribution is 6.02. The van der Waals surface area contributed by atoms with Crippen molar-refractivity contribution in [1.29, 1.82) is 0 Å². The Kier molecular flexibility index (Phi) is 10.7. The largest absolute Gasteiger partial charge is 0.508 e. The quantitative estimate of drug-likeness (QED) is 0.140. The van der Waals surface area contributed by atoms with E-state index in [1.807, 2.05) is 48.5 Å². The summed E-state index contributed by atoms with van der Waals surface area (Å²) < 4.78 is 16.6. The van der Waals surface area contributed by atoms with Crippen LogP contribution in [0.4, 0.5) is 5.69 Å². The molecule has 0 radical (unpaired) electrons. The Morgan fingerprint density at radius 3 is 2.58 bits per heavy atom. The predicted octanol–water partition coefficient (Wildman–Crippen LogP) is 4.19. The molecule has 1 aromatic heterocycles. The first kappa shape index (κ1) is 28.8. The lowest BCUT2D eigenvalue weighted by Crippen LogP contribution is -2.23. The minimum Gasteiger partial charge on any atom is -0.508 e. The fraction of sp³-hybridized carbons (Fsp3) is 0.258. The first-order valence-electron chi connectivity index (χ1n) is 13.1. The zero-order valence-corrected chi connectivity index (χ0v) is 22.1. The van der Waals surface area contributed by atoms with E-state index < -0.39 is 6.10 Å². The third kappa shape index (κ3) is 8.69. The van der Waals surface area contributed by atoms with E-state index in [0.29, 0.717) is 49.7 Å². The zero-order chi connectivity index (χ0) is 28.2. The van der Waals surface area contributed by atoms with Crippen LogP contribution in [0.3, 0.4) is 0 Å². The molecule has 1 heterocycles. The van der Waals surface area contributed by atoms with Crippen LogP contribution in [-0.2, 0) is 24.4 Å². The summed E-state index contributed by atoms with van der Waals surface area (Å²) in [5, 5.41) is 35.3. The van der Waals surface area contributed by atoms with E-state index in [4.69, 9.17) is 13.9 Å². The smallest absolute Gasteiger partial charge is 0.291 e. The maximum atomic E-state index is 12.1. The number of rotatable bonds is 15. The summed E-state index contributed by atoms with van der Waals surface area (Å²) in [5.74, 6) is 0.720. The van der Waals surface area contributed by atoms with Gasteiger partial charge in [-0.3, -0.25) is 4.79 Å². The van der Waals surface area contributed by atoms with Gasteiger partial charge in [-0.25, -0.2) is 0 Å². The molecule has 0 aliphatic rings. The van der Waals surface area contributed by atoms with Gasteiger partial charge in [-0.2, -0.15) is 0 Å². The van der Waals surface area contributed by atoms with Crippen LogP contribution in [0.2, 0.25) is 0 Å². The van der Waals surface area contributed by atoms with Crippen LogP contribution in [-0.4, -0.2) is 47.5 Å². The number of aromatic hydroxyl groups is 1. The molecule has 0 saturated carbocycles. The Morgan fingerprint density at radius 2 is 1.80 bits per heavy atom. The zero-order valence-electron chi connectivity index (χ0n) is 22.1. The highest BCUT2D eigenvalue weighted by Crippen LogP contribution is 2.22. The third-order valence-electron chi connectivity index (χ3n) is 6.21. The number of carbonyl (C=O) groups excluding carboxylic acids is 1. The van der Waals surface area contributed by atoms with Gasteiger partial charge in [-0.1, -0.05) is 30.3 Å². The monoisotopic (exact) mass is 546 g/mol. The normalized spacial score (nSPS) is 11.8. The van der Waals surface area contributed by atoms with Gasteiger partial charge in [0.1, 0.15) is 18.1 Å². The molecular formula is C31H34N2O7. The van der Waals surface area contributed by atoms with Crippen LogP contribution >= 0.6 is 0 Å². The van der Waals surface area contributed by atoms with Gasteiger partial charge in [0, 0.05) is 17.8 Å². The molecule has 0 aliphatic carbocycles. The second-order valence-corrected chi connectivity index (χ2v) is 9.19. The van der Waals surface area contributed by atoms with E-state index in [9.17, 15) is 20.1 Å². The predicted molar refractivity (Wildman–Crippen MR) is 150 cm³/mol. The van der Waals surface area contributed by atoms with Crippen molar-refractivity contribution in [3.63, 3.8) is 0 Å². The highest BCUT2D eigenvalue weighted by atomic mass is 16.5. The molecule has 0 unspecified atom stereocenters. The van der Waals surface area contributed by atoms with E-state index in [1.165, 1.54) is 12.3 Å². The summed E-state index contributed by atoms with van der Waals surface area (Å²) in [6.45, 7) is 1.98. The minimum atomic E-state index is -0.735. The number of nitrogens with one attached hydrogen (secondary N) is 2. The Hall–Kier alpha value is -4.15. The van der Waals surface area contributed by atoms with Crippen LogP contribution in [0.5, 0.6) is 11.5 Å². The lowest BCUT2D eigenvalue weighted by atomic mass is 10.1. The summed E-state index contributed by atoms with van der Waals surface area (Å²) in [6, 6.07) is 23.3. The maximum Gasteiger partial charge on any atom is 0.291 e. The van der Waals surface area contributed by atoms with Gasteiger partial charge in [0.15, 0.2) is 5.76 Å². The van der Waals surface area contributed by atoms with Crippen molar-refractivity contribution in [3.8, 4) is 11.5 Å². The summed E-state index contributed by atoms with van der Waals surface area (Å²) in [5.41, 5.74) is 3.77. The second kappa shape index (κ2) is 14.9. The van der Waals surface area contributed by atoms with Gasteiger partial charge < -0.3 is 39.8 Å². The Bertz CT molecular complexity index is 1340. The molecule has 0 spiro atoms. The van der Waals surface area contributed by atoms with Crippen molar-refractivity contribution < 1.29 is 34.0 Å². The number of phenols is 1. The molecule has 1 atom stereocenters. The standard InChI is InChI=1S/C31H34N2O7/c34-20-25-18-24(8-11-28(25)35)29(36)19-32-13-12-22-6-9-27(10-7-22)39-16-15-38-21-23-3-1-4-26(17-23)33-31(37)30-5-2-14-40-30/h1-11,14,17-18,29,32,34-36H,12-13,15-16,19-21H2,(H,33,37)/t29-/m1/s1. The fourth-order valence-corrected chi connectivity index (χ4v) is 4.03. The van der Waals surface area contributed by atoms with Gasteiger partial charge in [-0.15, -0.1) is 0 Å². The lowest BCUT2D eigenvalue weighted by molar-refractivity contribution is 0.0889.